The summed E-state index contributed by atoms with van der Waals surface area (Å²) in [5.74, 6) is 1.80. The first-order chi connectivity index (χ1) is 12.3. The summed E-state index contributed by atoms with van der Waals surface area (Å²) in [4.78, 5) is 16.8. The summed E-state index contributed by atoms with van der Waals surface area (Å²) in [5.41, 5.74) is 0. The Morgan fingerprint density at radius 3 is 2.72 bits per heavy atom. The average Bonchev–Trinajstić information content (AvgIpc) is 2.69. The number of carbonyl (C=O) groups is 1. The number of carbonyl (C=O) groups excluding carboxylic acids is 1. The Morgan fingerprint density at radius 2 is 2.00 bits per heavy atom. The molecule has 2 aliphatic heterocycles. The van der Waals surface area contributed by atoms with Crippen molar-refractivity contribution in [2.75, 3.05) is 53.0 Å². The molecule has 2 heterocycles. The summed E-state index contributed by atoms with van der Waals surface area (Å²) in [6, 6.07) is 7.65. The molecule has 0 aliphatic carbocycles. The standard InChI is InChI=1S/C19H28N2O4/c1-23-16-5-4-6-17(15-16)24-14-12-20-8-10-21(11-9-20)19(22)18-7-2-3-13-25-18/h4-6,15,18H,2-3,7-14H2,1H3/t18-/m0/s1. The van der Waals surface area contributed by atoms with Crippen molar-refractivity contribution in [3.63, 3.8) is 0 Å². The van der Waals surface area contributed by atoms with Crippen LogP contribution in [0.2, 0.25) is 0 Å². The predicted octanol–water partition coefficient (Wildman–Crippen LogP) is 1.79. The van der Waals surface area contributed by atoms with Gasteiger partial charge in [-0.3, -0.25) is 9.69 Å². The second-order valence-corrected chi connectivity index (χ2v) is 6.55. The van der Waals surface area contributed by atoms with Crippen molar-refractivity contribution >= 4 is 5.91 Å². The number of benzene rings is 1. The third-order valence-electron chi connectivity index (χ3n) is 4.86. The quantitative estimate of drug-likeness (QED) is 0.784. The molecular formula is C19H28N2O4. The Morgan fingerprint density at radius 1 is 1.20 bits per heavy atom. The number of amides is 1. The van der Waals surface area contributed by atoms with E-state index in [1.807, 2.05) is 29.2 Å². The molecule has 1 aromatic rings. The molecule has 6 heteroatoms. The molecule has 25 heavy (non-hydrogen) atoms. The lowest BCUT2D eigenvalue weighted by Gasteiger charge is -2.36. The number of methoxy groups -OCH3 is 1. The number of nitrogens with zero attached hydrogens (tertiary/aromatic N) is 2. The summed E-state index contributed by atoms with van der Waals surface area (Å²) in [5, 5.41) is 0. The van der Waals surface area contributed by atoms with Crippen LogP contribution in [0.15, 0.2) is 24.3 Å². The zero-order chi connectivity index (χ0) is 17.5. The van der Waals surface area contributed by atoms with E-state index < -0.39 is 0 Å². The Hall–Kier alpha value is -1.79. The largest absolute Gasteiger partial charge is 0.497 e. The fraction of sp³-hybridized carbons (Fsp3) is 0.632. The van der Waals surface area contributed by atoms with Gasteiger partial charge in [-0.2, -0.15) is 0 Å². The summed E-state index contributed by atoms with van der Waals surface area (Å²) >= 11 is 0. The Kier molecular flexibility index (Phi) is 6.53. The lowest BCUT2D eigenvalue weighted by Crippen LogP contribution is -2.52. The van der Waals surface area contributed by atoms with Crippen molar-refractivity contribution < 1.29 is 19.0 Å². The minimum atomic E-state index is -0.211. The smallest absolute Gasteiger partial charge is 0.251 e. The van der Waals surface area contributed by atoms with Gasteiger partial charge in [0, 0.05) is 45.4 Å². The maximum atomic E-state index is 12.5. The van der Waals surface area contributed by atoms with E-state index in [0.717, 1.165) is 70.1 Å². The van der Waals surface area contributed by atoms with Gasteiger partial charge in [-0.15, -0.1) is 0 Å². The van der Waals surface area contributed by atoms with Crippen LogP contribution >= 0.6 is 0 Å². The van der Waals surface area contributed by atoms with Crippen LogP contribution in [-0.2, 0) is 9.53 Å². The molecule has 2 fully saturated rings. The molecule has 3 rings (SSSR count). The van der Waals surface area contributed by atoms with Gasteiger partial charge in [-0.05, 0) is 31.4 Å². The minimum Gasteiger partial charge on any atom is -0.497 e. The van der Waals surface area contributed by atoms with E-state index in [2.05, 4.69) is 4.90 Å². The molecule has 0 radical (unpaired) electrons. The van der Waals surface area contributed by atoms with Gasteiger partial charge in [0.05, 0.1) is 7.11 Å². The molecule has 0 aromatic heterocycles. The van der Waals surface area contributed by atoms with Crippen LogP contribution < -0.4 is 9.47 Å². The van der Waals surface area contributed by atoms with Gasteiger partial charge in [-0.1, -0.05) is 6.07 Å². The van der Waals surface area contributed by atoms with Crippen molar-refractivity contribution in [3.8, 4) is 11.5 Å². The van der Waals surface area contributed by atoms with Crippen LogP contribution in [0, 0.1) is 0 Å². The lowest BCUT2D eigenvalue weighted by molar-refractivity contribution is -0.148. The van der Waals surface area contributed by atoms with E-state index in [9.17, 15) is 4.79 Å². The molecule has 0 N–H and O–H groups in total. The van der Waals surface area contributed by atoms with Gasteiger partial charge in [0.2, 0.25) is 0 Å². The van der Waals surface area contributed by atoms with Crippen molar-refractivity contribution in [1.29, 1.82) is 0 Å². The molecule has 1 atom stereocenters. The molecule has 0 spiro atoms. The molecule has 1 aromatic carbocycles. The zero-order valence-electron chi connectivity index (χ0n) is 15.0. The number of rotatable bonds is 6. The number of hydrogen-bond donors (Lipinski definition) is 0. The fourth-order valence-electron chi connectivity index (χ4n) is 3.31. The molecule has 0 bridgehead atoms. The monoisotopic (exact) mass is 348 g/mol. The molecule has 6 nitrogen and oxygen atoms in total. The zero-order valence-corrected chi connectivity index (χ0v) is 15.0. The highest BCUT2D eigenvalue weighted by Gasteiger charge is 2.29. The maximum absolute atomic E-state index is 12.5. The molecular weight excluding hydrogens is 320 g/mol. The highest BCUT2D eigenvalue weighted by atomic mass is 16.5. The van der Waals surface area contributed by atoms with Crippen LogP contribution in [0.3, 0.4) is 0 Å². The van der Waals surface area contributed by atoms with Gasteiger partial charge < -0.3 is 19.1 Å². The Balaban J connectivity index is 1.36. The molecule has 0 saturated carbocycles. The normalized spacial score (nSPS) is 21.8. The van der Waals surface area contributed by atoms with Crippen LogP contribution in [0.5, 0.6) is 11.5 Å². The first kappa shape index (κ1) is 18.0. The maximum Gasteiger partial charge on any atom is 0.251 e. The summed E-state index contributed by atoms with van der Waals surface area (Å²) in [7, 11) is 1.65. The van der Waals surface area contributed by atoms with E-state index in [0.29, 0.717) is 6.61 Å². The van der Waals surface area contributed by atoms with Gasteiger partial charge in [0.25, 0.3) is 5.91 Å². The van der Waals surface area contributed by atoms with Crippen molar-refractivity contribution in [3.05, 3.63) is 24.3 Å². The van der Waals surface area contributed by atoms with E-state index in [-0.39, 0.29) is 12.0 Å². The predicted molar refractivity (Wildman–Crippen MR) is 95.1 cm³/mol. The number of hydrogen-bond acceptors (Lipinski definition) is 5. The fourth-order valence-corrected chi connectivity index (χ4v) is 3.31. The topological polar surface area (TPSA) is 51.2 Å². The van der Waals surface area contributed by atoms with Gasteiger partial charge >= 0.3 is 0 Å². The highest BCUT2D eigenvalue weighted by molar-refractivity contribution is 5.81. The number of ether oxygens (including phenoxy) is 3. The average molecular weight is 348 g/mol. The summed E-state index contributed by atoms with van der Waals surface area (Å²) in [6.45, 7) is 5.54. The van der Waals surface area contributed by atoms with E-state index in [4.69, 9.17) is 14.2 Å². The lowest BCUT2D eigenvalue weighted by atomic mass is 10.1. The van der Waals surface area contributed by atoms with Crippen LogP contribution in [0.4, 0.5) is 0 Å². The third-order valence-corrected chi connectivity index (χ3v) is 4.86. The van der Waals surface area contributed by atoms with Gasteiger partial charge in [0.1, 0.15) is 24.2 Å². The van der Waals surface area contributed by atoms with Crippen molar-refractivity contribution in [2.24, 2.45) is 0 Å². The van der Waals surface area contributed by atoms with Crippen molar-refractivity contribution in [1.82, 2.24) is 9.80 Å². The van der Waals surface area contributed by atoms with Gasteiger partial charge in [0.15, 0.2) is 0 Å². The Labute approximate surface area is 149 Å². The van der Waals surface area contributed by atoms with Crippen LogP contribution in [-0.4, -0.2) is 74.9 Å². The molecule has 138 valence electrons. The first-order valence-electron chi connectivity index (χ1n) is 9.16. The van der Waals surface area contributed by atoms with Crippen LogP contribution in [0.1, 0.15) is 19.3 Å². The Bertz CT molecular complexity index is 552. The van der Waals surface area contributed by atoms with Crippen molar-refractivity contribution in [2.45, 2.75) is 25.4 Å². The molecule has 2 aliphatic rings. The second-order valence-electron chi connectivity index (χ2n) is 6.55. The summed E-state index contributed by atoms with van der Waals surface area (Å²) < 4.78 is 16.6. The minimum absolute atomic E-state index is 0.173. The van der Waals surface area contributed by atoms with E-state index >= 15 is 0 Å². The van der Waals surface area contributed by atoms with E-state index in [1.165, 1.54) is 0 Å². The SMILES string of the molecule is COc1cccc(OCCN2CCN(C(=O)[C@@H]3CCCCO3)CC2)c1. The van der Waals surface area contributed by atoms with E-state index in [1.54, 1.807) is 7.11 Å². The van der Waals surface area contributed by atoms with Gasteiger partial charge in [-0.25, -0.2) is 0 Å². The van der Waals surface area contributed by atoms with Crippen LogP contribution in [0.25, 0.3) is 0 Å². The summed E-state index contributed by atoms with van der Waals surface area (Å²) in [6.07, 6.45) is 2.83. The number of piperazine rings is 1. The first-order valence-corrected chi connectivity index (χ1v) is 9.16. The molecule has 2 saturated heterocycles. The highest BCUT2D eigenvalue weighted by Crippen LogP contribution is 2.19. The third kappa shape index (κ3) is 5.09. The second kappa shape index (κ2) is 9.06. The molecule has 1 amide bonds. The molecule has 0 unspecified atom stereocenters.